The highest BCUT2D eigenvalue weighted by Gasteiger charge is 2.03. The van der Waals surface area contributed by atoms with Crippen LogP contribution in [0.25, 0.3) is 6.08 Å². The van der Waals surface area contributed by atoms with E-state index < -0.39 is 16.0 Å². The Balaban J connectivity index is 0.000000257. The molecule has 1 heterocycles. The van der Waals surface area contributed by atoms with Crippen molar-refractivity contribution < 1.29 is 22.5 Å². The average molecular weight is 385 g/mol. The number of aryl methyl sites for hydroxylation is 1. The maximum atomic E-state index is 10.7. The zero-order valence-corrected chi connectivity index (χ0v) is 15.1. The number of nitrogens with two attached hydrogens (primary N) is 1. The first-order chi connectivity index (χ1) is 11.6. The van der Waals surface area contributed by atoms with Gasteiger partial charge in [-0.05, 0) is 48.4 Å². The second kappa shape index (κ2) is 9.16. The fourth-order valence-electron chi connectivity index (χ4n) is 1.68. The predicted octanol–water partition coefficient (Wildman–Crippen LogP) is 2.70. The number of primary amides is 1. The molecule has 1 aromatic heterocycles. The first-order valence-electron chi connectivity index (χ1n) is 6.84. The molecule has 7 nitrogen and oxygen atoms in total. The molecular formula is C16H17ClN2O5S. The van der Waals surface area contributed by atoms with E-state index in [4.69, 9.17) is 26.6 Å². The Morgan fingerprint density at radius 2 is 2.00 bits per heavy atom. The quantitative estimate of drug-likeness (QED) is 0.782. The Bertz CT molecular complexity index is 865. The van der Waals surface area contributed by atoms with Gasteiger partial charge in [0.05, 0.1) is 12.5 Å². The van der Waals surface area contributed by atoms with E-state index in [1.54, 1.807) is 37.3 Å². The molecule has 1 aromatic carbocycles. The van der Waals surface area contributed by atoms with E-state index in [0.29, 0.717) is 27.4 Å². The average Bonchev–Trinajstić information content (AvgIpc) is 2.53. The van der Waals surface area contributed by atoms with Crippen LogP contribution in [0.2, 0.25) is 5.02 Å². The van der Waals surface area contributed by atoms with Crippen molar-refractivity contribution in [3.05, 3.63) is 63.6 Å². The van der Waals surface area contributed by atoms with Gasteiger partial charge in [-0.2, -0.15) is 8.42 Å². The van der Waals surface area contributed by atoms with Crippen LogP contribution >= 0.6 is 11.6 Å². The second-order valence-corrected chi connectivity index (χ2v) is 6.51. The number of nitrogens with zero attached hydrogens (tertiary/aromatic N) is 1. The van der Waals surface area contributed by atoms with E-state index in [-0.39, 0.29) is 0 Å². The molecular weight excluding hydrogens is 368 g/mol. The number of amides is 1. The predicted molar refractivity (Wildman–Crippen MR) is 96.1 cm³/mol. The summed E-state index contributed by atoms with van der Waals surface area (Å²) in [4.78, 5) is 14.6. The summed E-state index contributed by atoms with van der Waals surface area (Å²) in [5.74, 6) is 0.0215. The molecule has 0 bridgehead atoms. The van der Waals surface area contributed by atoms with E-state index in [9.17, 15) is 13.2 Å². The summed E-state index contributed by atoms with van der Waals surface area (Å²) in [6.07, 6.45) is 2.67. The van der Waals surface area contributed by atoms with Crippen molar-refractivity contribution in [2.45, 2.75) is 6.92 Å². The normalized spacial score (nSPS) is 10.9. The number of methoxy groups -OCH3 is 1. The maximum Gasteiger partial charge on any atom is 0.287 e. The highest BCUT2D eigenvalue weighted by atomic mass is 35.5. The lowest BCUT2D eigenvalue weighted by Gasteiger charge is -1.99. The van der Waals surface area contributed by atoms with Gasteiger partial charge in [0, 0.05) is 22.8 Å². The van der Waals surface area contributed by atoms with Crippen molar-refractivity contribution in [2.75, 3.05) is 7.11 Å². The number of hydrogen-bond donors (Lipinski definition) is 2. The third-order valence-electron chi connectivity index (χ3n) is 2.85. The summed E-state index contributed by atoms with van der Waals surface area (Å²) in [5.41, 5.74) is 6.97. The minimum atomic E-state index is -4.08. The van der Waals surface area contributed by atoms with Crippen LogP contribution in [0.5, 0.6) is 5.88 Å². The lowest BCUT2D eigenvalue weighted by Crippen LogP contribution is -2.12. The topological polar surface area (TPSA) is 120 Å². The summed E-state index contributed by atoms with van der Waals surface area (Å²) < 4.78 is 33.9. The van der Waals surface area contributed by atoms with E-state index in [1.807, 2.05) is 0 Å². The van der Waals surface area contributed by atoms with Gasteiger partial charge in [0.15, 0.2) is 0 Å². The molecule has 0 saturated heterocycles. The van der Waals surface area contributed by atoms with Gasteiger partial charge in [-0.1, -0.05) is 11.6 Å². The van der Waals surface area contributed by atoms with Gasteiger partial charge < -0.3 is 10.5 Å². The number of pyridine rings is 1. The van der Waals surface area contributed by atoms with Gasteiger partial charge in [-0.3, -0.25) is 9.35 Å². The molecule has 0 radical (unpaired) electrons. The van der Waals surface area contributed by atoms with Crippen molar-refractivity contribution in [3.63, 3.8) is 0 Å². The van der Waals surface area contributed by atoms with Crippen LogP contribution in [0, 0.1) is 6.92 Å². The molecule has 25 heavy (non-hydrogen) atoms. The monoisotopic (exact) mass is 384 g/mol. The Morgan fingerprint density at radius 1 is 1.32 bits per heavy atom. The first-order valence-corrected chi connectivity index (χ1v) is 8.72. The molecule has 9 heteroatoms. The molecule has 0 aliphatic carbocycles. The van der Waals surface area contributed by atoms with Gasteiger partial charge in [0.1, 0.15) is 0 Å². The van der Waals surface area contributed by atoms with Crippen molar-refractivity contribution in [1.82, 2.24) is 4.98 Å². The van der Waals surface area contributed by atoms with E-state index in [1.165, 1.54) is 19.4 Å². The standard InChI is InChI=1S/C8H8ClNO.C8H9NO4S/c1-5-4-6(9)2-3-7(5)8(10)11;1-13-8-3-2-7(6-9-8)4-5-14(10,11)12/h2-4H,1H3,(H2,10,11);2-6H,1H3,(H,10,11,12)/b;5-4+. The number of hydrogen-bond acceptors (Lipinski definition) is 5. The van der Waals surface area contributed by atoms with Crippen molar-refractivity contribution >= 4 is 33.7 Å². The summed E-state index contributed by atoms with van der Waals surface area (Å²) in [7, 11) is -2.60. The highest BCUT2D eigenvalue weighted by Crippen LogP contribution is 2.14. The van der Waals surface area contributed by atoms with Gasteiger partial charge >= 0.3 is 0 Å². The second-order valence-electron chi connectivity index (χ2n) is 4.78. The molecule has 0 atom stereocenters. The van der Waals surface area contributed by atoms with Crippen LogP contribution in [0.3, 0.4) is 0 Å². The van der Waals surface area contributed by atoms with Gasteiger partial charge in [-0.25, -0.2) is 4.98 Å². The van der Waals surface area contributed by atoms with Crippen LogP contribution in [-0.2, 0) is 10.1 Å². The van der Waals surface area contributed by atoms with E-state index in [2.05, 4.69) is 4.98 Å². The third-order valence-corrected chi connectivity index (χ3v) is 3.57. The van der Waals surface area contributed by atoms with Gasteiger partial charge in [0.25, 0.3) is 10.1 Å². The van der Waals surface area contributed by atoms with Crippen LogP contribution < -0.4 is 10.5 Å². The molecule has 1 amide bonds. The molecule has 2 aromatic rings. The van der Waals surface area contributed by atoms with E-state index in [0.717, 1.165) is 5.56 Å². The molecule has 0 aliphatic heterocycles. The smallest absolute Gasteiger partial charge is 0.287 e. The van der Waals surface area contributed by atoms with Crippen molar-refractivity contribution in [3.8, 4) is 5.88 Å². The summed E-state index contributed by atoms with van der Waals surface area (Å²) in [6, 6.07) is 8.19. The first kappa shape index (κ1) is 20.6. The molecule has 2 rings (SSSR count). The fourth-order valence-corrected chi connectivity index (χ4v) is 2.23. The number of rotatable bonds is 4. The van der Waals surface area contributed by atoms with Gasteiger partial charge in [-0.15, -0.1) is 0 Å². The maximum absolute atomic E-state index is 10.7. The summed E-state index contributed by atoms with van der Waals surface area (Å²) in [5, 5.41) is 1.31. The van der Waals surface area contributed by atoms with Gasteiger partial charge in [0.2, 0.25) is 11.8 Å². The third kappa shape index (κ3) is 7.79. The molecule has 134 valence electrons. The molecule has 0 fully saturated rings. The number of aromatic nitrogens is 1. The van der Waals surface area contributed by atoms with Crippen molar-refractivity contribution in [1.29, 1.82) is 0 Å². The summed E-state index contributed by atoms with van der Waals surface area (Å²) >= 11 is 5.67. The number of benzene rings is 1. The Hall–Kier alpha value is -2.42. The van der Waals surface area contributed by atoms with Crippen LogP contribution in [0.1, 0.15) is 21.5 Å². The molecule has 3 N–H and O–H groups in total. The molecule has 0 saturated carbocycles. The highest BCUT2D eigenvalue weighted by molar-refractivity contribution is 7.88. The zero-order valence-electron chi connectivity index (χ0n) is 13.5. The Labute approximate surface area is 150 Å². The number of carbonyl (C=O) groups is 1. The lowest BCUT2D eigenvalue weighted by atomic mass is 10.1. The minimum Gasteiger partial charge on any atom is -0.481 e. The zero-order chi connectivity index (χ0) is 19.0. The van der Waals surface area contributed by atoms with E-state index >= 15 is 0 Å². The Kier molecular flexibility index (Phi) is 7.56. The molecule has 0 spiro atoms. The number of carbonyl (C=O) groups excluding carboxylic acids is 1. The van der Waals surface area contributed by atoms with Crippen LogP contribution in [-0.4, -0.2) is 31.0 Å². The Morgan fingerprint density at radius 3 is 2.44 bits per heavy atom. The van der Waals surface area contributed by atoms with Crippen LogP contribution in [0.15, 0.2) is 41.9 Å². The number of halogens is 1. The fraction of sp³-hybridized carbons (Fsp3) is 0.125. The largest absolute Gasteiger partial charge is 0.481 e. The molecule has 0 unspecified atom stereocenters. The summed E-state index contributed by atoms with van der Waals surface area (Å²) in [6.45, 7) is 1.80. The SMILES string of the molecule is COc1ccc(/C=C/S(=O)(=O)O)cn1.Cc1cc(Cl)ccc1C(N)=O. The van der Waals surface area contributed by atoms with Crippen LogP contribution in [0.4, 0.5) is 0 Å². The lowest BCUT2D eigenvalue weighted by molar-refractivity contribution is 0.0999. The number of ether oxygens (including phenoxy) is 1. The molecule has 0 aliphatic rings. The minimum absolute atomic E-state index is 0.417. The van der Waals surface area contributed by atoms with Crippen molar-refractivity contribution in [2.24, 2.45) is 5.73 Å².